The Hall–Kier alpha value is -2.41. The normalized spacial score (nSPS) is 12.2. The molecule has 0 spiro atoms. The molecule has 23 heavy (non-hydrogen) atoms. The third-order valence-corrected chi connectivity index (χ3v) is 3.46. The van der Waals surface area contributed by atoms with Crippen LogP contribution in [0.2, 0.25) is 5.02 Å². The van der Waals surface area contributed by atoms with E-state index in [9.17, 15) is 9.59 Å². The Labute approximate surface area is 138 Å². The second kappa shape index (κ2) is 7.23. The molecule has 1 unspecified atom stereocenters. The number of hydrogen-bond acceptors (Lipinski definition) is 4. The fourth-order valence-electron chi connectivity index (χ4n) is 2.05. The molecule has 0 aliphatic rings. The Kier molecular flexibility index (Phi) is 5.33. The van der Waals surface area contributed by atoms with Crippen LogP contribution in [0.5, 0.6) is 0 Å². The van der Waals surface area contributed by atoms with Crippen LogP contribution in [-0.2, 0) is 4.79 Å². The molecule has 0 radical (unpaired) electrons. The molecule has 0 bridgehead atoms. The monoisotopic (exact) mass is 336 g/mol. The molecule has 1 heterocycles. The van der Waals surface area contributed by atoms with Crippen LogP contribution in [0.3, 0.4) is 0 Å². The van der Waals surface area contributed by atoms with E-state index in [0.29, 0.717) is 17.1 Å². The van der Waals surface area contributed by atoms with Crippen LogP contribution in [-0.4, -0.2) is 38.0 Å². The van der Waals surface area contributed by atoms with Gasteiger partial charge in [-0.05, 0) is 24.5 Å². The lowest BCUT2D eigenvalue weighted by atomic mass is 10.0. The zero-order valence-corrected chi connectivity index (χ0v) is 13.5. The van der Waals surface area contributed by atoms with Crippen LogP contribution < -0.4 is 5.32 Å². The second-order valence-electron chi connectivity index (χ2n) is 5.49. The van der Waals surface area contributed by atoms with Crippen LogP contribution in [0.15, 0.2) is 30.5 Å². The van der Waals surface area contributed by atoms with E-state index in [2.05, 4.69) is 15.6 Å². The van der Waals surface area contributed by atoms with Crippen molar-refractivity contribution in [2.24, 2.45) is 5.92 Å². The molecule has 0 saturated carbocycles. The van der Waals surface area contributed by atoms with Gasteiger partial charge >= 0.3 is 5.97 Å². The van der Waals surface area contributed by atoms with Gasteiger partial charge in [0, 0.05) is 0 Å². The summed E-state index contributed by atoms with van der Waals surface area (Å²) in [5, 5.41) is 19.7. The Bertz CT molecular complexity index is 714. The Morgan fingerprint density at radius 3 is 2.65 bits per heavy atom. The lowest BCUT2D eigenvalue weighted by Crippen LogP contribution is -2.41. The molecule has 0 aliphatic carbocycles. The second-order valence-corrected chi connectivity index (χ2v) is 5.90. The Morgan fingerprint density at radius 1 is 1.35 bits per heavy atom. The largest absolute Gasteiger partial charge is 0.480 e. The lowest BCUT2D eigenvalue weighted by Gasteiger charge is -2.15. The number of benzene rings is 1. The first kappa shape index (κ1) is 17.0. The molecule has 122 valence electrons. The van der Waals surface area contributed by atoms with E-state index in [4.69, 9.17) is 16.7 Å². The molecule has 2 rings (SSSR count). The first-order valence-electron chi connectivity index (χ1n) is 7.09. The van der Waals surface area contributed by atoms with Crippen molar-refractivity contribution < 1.29 is 14.7 Å². The van der Waals surface area contributed by atoms with Gasteiger partial charge < -0.3 is 10.4 Å². The van der Waals surface area contributed by atoms with Crippen molar-refractivity contribution in [3.05, 3.63) is 41.2 Å². The quantitative estimate of drug-likeness (QED) is 0.842. The van der Waals surface area contributed by atoms with Crippen LogP contribution in [0.4, 0.5) is 0 Å². The maximum Gasteiger partial charge on any atom is 0.326 e. The molecule has 0 fully saturated rings. The highest BCUT2D eigenvalue weighted by molar-refractivity contribution is 6.32. The summed E-state index contributed by atoms with van der Waals surface area (Å²) in [5.41, 5.74) is 0.609. The van der Waals surface area contributed by atoms with E-state index in [0.717, 1.165) is 0 Å². The fraction of sp³-hybridized carbons (Fsp3) is 0.333. The summed E-state index contributed by atoms with van der Waals surface area (Å²) in [6.45, 7) is 3.77. The molecule has 8 heteroatoms. The van der Waals surface area contributed by atoms with Crippen LogP contribution in [0, 0.1) is 5.92 Å². The minimum Gasteiger partial charge on any atom is -0.480 e. The number of rotatable bonds is 6. The van der Waals surface area contributed by atoms with Crippen molar-refractivity contribution in [3.63, 3.8) is 0 Å². The summed E-state index contributed by atoms with van der Waals surface area (Å²) >= 11 is 6.06. The SMILES string of the molecule is CC(C)CC(NC(=O)c1cn(-c2ccccc2Cl)nn1)C(=O)O. The van der Waals surface area contributed by atoms with Crippen molar-refractivity contribution in [2.45, 2.75) is 26.3 Å². The zero-order chi connectivity index (χ0) is 17.0. The molecule has 1 aromatic heterocycles. The number of carboxylic acids is 1. The van der Waals surface area contributed by atoms with Gasteiger partial charge in [-0.1, -0.05) is 42.8 Å². The standard InChI is InChI=1S/C15H17ClN4O3/c1-9(2)7-11(15(22)23)17-14(21)12-8-20(19-18-12)13-6-4-3-5-10(13)16/h3-6,8-9,11H,7H2,1-2H3,(H,17,21)(H,22,23). The number of carboxylic acid groups (broad SMARTS) is 1. The van der Waals surface area contributed by atoms with Crippen LogP contribution in [0.1, 0.15) is 30.8 Å². The summed E-state index contributed by atoms with van der Waals surface area (Å²) in [4.78, 5) is 23.3. The number of carbonyl (C=O) groups is 2. The molecule has 2 N–H and O–H groups in total. The number of amides is 1. The lowest BCUT2D eigenvalue weighted by molar-refractivity contribution is -0.139. The molecule has 1 amide bonds. The smallest absolute Gasteiger partial charge is 0.326 e. The van der Waals surface area contributed by atoms with Gasteiger partial charge in [-0.25, -0.2) is 9.48 Å². The van der Waals surface area contributed by atoms with Crippen LogP contribution >= 0.6 is 11.6 Å². The van der Waals surface area contributed by atoms with Crippen molar-refractivity contribution in [2.75, 3.05) is 0 Å². The number of aromatic nitrogens is 3. The molecular weight excluding hydrogens is 320 g/mol. The Balaban J connectivity index is 2.15. The molecule has 7 nitrogen and oxygen atoms in total. The van der Waals surface area contributed by atoms with E-state index in [-0.39, 0.29) is 11.6 Å². The maximum absolute atomic E-state index is 12.1. The predicted molar refractivity (Wildman–Crippen MR) is 84.7 cm³/mol. The molecule has 0 aliphatic heterocycles. The molecule has 0 saturated heterocycles. The first-order valence-corrected chi connectivity index (χ1v) is 7.47. The predicted octanol–water partition coefficient (Wildman–Crippen LogP) is 2.15. The highest BCUT2D eigenvalue weighted by Crippen LogP contribution is 2.18. The highest BCUT2D eigenvalue weighted by atomic mass is 35.5. The minimum atomic E-state index is -1.08. The van der Waals surface area contributed by atoms with E-state index >= 15 is 0 Å². The summed E-state index contributed by atoms with van der Waals surface area (Å²) in [7, 11) is 0. The third-order valence-electron chi connectivity index (χ3n) is 3.14. The van der Waals surface area contributed by atoms with Gasteiger partial charge in [-0.15, -0.1) is 5.10 Å². The summed E-state index contributed by atoms with van der Waals surface area (Å²) in [6, 6.07) is 6.03. The number of nitrogens with one attached hydrogen (secondary N) is 1. The van der Waals surface area contributed by atoms with E-state index in [1.807, 2.05) is 13.8 Å². The van der Waals surface area contributed by atoms with Crippen molar-refractivity contribution in [1.82, 2.24) is 20.3 Å². The fourth-order valence-corrected chi connectivity index (χ4v) is 2.27. The summed E-state index contributed by atoms with van der Waals surface area (Å²) < 4.78 is 1.37. The van der Waals surface area contributed by atoms with E-state index in [1.54, 1.807) is 24.3 Å². The number of carbonyl (C=O) groups excluding carboxylic acids is 1. The van der Waals surface area contributed by atoms with E-state index < -0.39 is 17.9 Å². The molecule has 1 atom stereocenters. The summed E-state index contributed by atoms with van der Waals surface area (Å²) in [6.07, 6.45) is 1.74. The van der Waals surface area contributed by atoms with Gasteiger partial charge in [0.05, 0.1) is 16.9 Å². The van der Waals surface area contributed by atoms with Gasteiger partial charge in [0.1, 0.15) is 6.04 Å². The molecular formula is C15H17ClN4O3. The minimum absolute atomic E-state index is 0.0277. The van der Waals surface area contributed by atoms with Crippen LogP contribution in [0.25, 0.3) is 5.69 Å². The van der Waals surface area contributed by atoms with Crippen molar-refractivity contribution in [3.8, 4) is 5.69 Å². The third kappa shape index (κ3) is 4.29. The number of hydrogen-bond donors (Lipinski definition) is 2. The highest BCUT2D eigenvalue weighted by Gasteiger charge is 2.23. The summed E-state index contributed by atoms with van der Waals surface area (Å²) in [5.74, 6) is -1.53. The average Bonchev–Trinajstić information content (AvgIpc) is 2.96. The average molecular weight is 337 g/mol. The van der Waals surface area contributed by atoms with Crippen molar-refractivity contribution in [1.29, 1.82) is 0 Å². The van der Waals surface area contributed by atoms with Gasteiger partial charge in [-0.3, -0.25) is 4.79 Å². The topological polar surface area (TPSA) is 97.1 Å². The van der Waals surface area contributed by atoms with E-state index in [1.165, 1.54) is 10.9 Å². The molecule has 1 aromatic carbocycles. The first-order chi connectivity index (χ1) is 10.9. The van der Waals surface area contributed by atoms with Gasteiger partial charge in [-0.2, -0.15) is 0 Å². The van der Waals surface area contributed by atoms with Gasteiger partial charge in [0.2, 0.25) is 0 Å². The Morgan fingerprint density at radius 2 is 2.04 bits per heavy atom. The number of halogens is 1. The van der Waals surface area contributed by atoms with Gasteiger partial charge in [0.25, 0.3) is 5.91 Å². The maximum atomic E-state index is 12.1. The number of para-hydroxylation sites is 1. The zero-order valence-electron chi connectivity index (χ0n) is 12.7. The van der Waals surface area contributed by atoms with Gasteiger partial charge in [0.15, 0.2) is 5.69 Å². The molecule has 2 aromatic rings. The number of nitrogens with zero attached hydrogens (tertiary/aromatic N) is 3. The number of aliphatic carboxylic acids is 1. The van der Waals surface area contributed by atoms with Crippen molar-refractivity contribution >= 4 is 23.5 Å².